The summed E-state index contributed by atoms with van der Waals surface area (Å²) in [6.07, 6.45) is 15.0. The first-order valence-corrected chi connectivity index (χ1v) is 46.4. The van der Waals surface area contributed by atoms with Gasteiger partial charge in [0.2, 0.25) is 15.9 Å². The Morgan fingerprint density at radius 3 is 1.09 bits per heavy atom. The monoisotopic (exact) mass is 2020 g/mol. The summed E-state index contributed by atoms with van der Waals surface area (Å²) < 4.78 is 98.5. The minimum Gasteiger partial charge on any atom is -0.384 e. The van der Waals surface area contributed by atoms with Crippen LogP contribution in [0.3, 0.4) is 0 Å². The molecule has 0 aliphatic heterocycles. The molecule has 14 rings (SSSR count). The molecule has 0 bridgehead atoms. The minimum absolute atomic E-state index is 0.0465. The van der Waals surface area contributed by atoms with E-state index in [0.717, 1.165) is 74.3 Å². The maximum absolute atomic E-state index is 14.3. The fourth-order valence-electron chi connectivity index (χ4n) is 13.9. The zero-order chi connectivity index (χ0) is 99.9. The molecule has 712 valence electrons. The summed E-state index contributed by atoms with van der Waals surface area (Å²) in [4.78, 5) is 32.9. The molecule has 0 fully saturated rings. The highest BCUT2D eigenvalue weighted by Crippen LogP contribution is 2.43. The number of imidazole rings is 6. The molecule has 0 aliphatic carbocycles. The Bertz CT molecular complexity index is 6270. The number of hydrogen-bond acceptors (Lipinski definition) is 8. The van der Waals surface area contributed by atoms with Crippen molar-refractivity contribution in [2.24, 2.45) is 28.2 Å². The van der Waals surface area contributed by atoms with Gasteiger partial charge in [0.1, 0.15) is 57.4 Å². The first-order valence-electron chi connectivity index (χ1n) is 42.6. The van der Waals surface area contributed by atoms with E-state index in [2.05, 4.69) is 86.6 Å². The molecule has 7 aromatic carbocycles. The quantitative estimate of drug-likeness (QED) is 0.134. The molecule has 0 saturated carbocycles. The fraction of sp³-hybridized carbons (Fsp3) is 0.369. The van der Waals surface area contributed by atoms with Crippen LogP contribution in [0.5, 0.6) is 0 Å². The van der Waals surface area contributed by atoms with Gasteiger partial charge in [-0.2, -0.15) is 0 Å². The molecule has 7 aromatic heterocycles. The number of aryl methyl sites for hydroxylation is 5. The number of nitrogens with zero attached hydrogens (tertiary/aromatic N) is 12. The predicted molar refractivity (Wildman–Crippen MR) is 542 cm³/mol. The highest BCUT2D eigenvalue weighted by atomic mass is 35.5. The van der Waals surface area contributed by atoms with Gasteiger partial charge in [-0.15, -0.1) is 0 Å². The van der Waals surface area contributed by atoms with Crippen molar-refractivity contribution < 1.29 is 31.1 Å². The van der Waals surface area contributed by atoms with Gasteiger partial charge in [-0.05, 0) is 241 Å². The fourth-order valence-corrected chi connectivity index (χ4v) is 15.9. The maximum Gasteiger partial charge on any atom is 0.204 e. The summed E-state index contributed by atoms with van der Waals surface area (Å²) in [6.45, 7) is 48.7. The number of methoxy groups -OCH3 is 1. The van der Waals surface area contributed by atoms with E-state index in [1.165, 1.54) is 22.8 Å². The van der Waals surface area contributed by atoms with Crippen LogP contribution in [-0.2, 0) is 77.3 Å². The van der Waals surface area contributed by atoms with Crippen molar-refractivity contribution in [1.82, 2.24) is 62.7 Å². The average molecular weight is 2020 g/mol. The molecule has 0 unspecified atom stereocenters. The lowest BCUT2D eigenvalue weighted by Gasteiger charge is -2.23. The third-order valence-electron chi connectivity index (χ3n) is 21.5. The molecule has 1 N–H and O–H groups in total. The van der Waals surface area contributed by atoms with E-state index in [-0.39, 0.29) is 102 Å². The number of nitrogens with one attached hydrogen (secondary N) is 1. The number of rotatable bonds is 10. The predicted octanol–water partition coefficient (Wildman–Crippen LogP) is 32.6. The van der Waals surface area contributed by atoms with Crippen LogP contribution in [0.2, 0.25) is 51.1 Å². The standard InChI is InChI=1S/C17H22ClFN2O.C16H21ClN2.C15H15ClFN.C14H14Cl3FN2.C14H15Cl2FN2.C14H16ClFN2.C13H14ClFN2/c1-17(2,3)12-8-11(9-13(18)16(12)19)14-10-21(4)15(20-14)6-7-22-5;1-10-7-12(14-9-19(6)15(17)18-14)8-13(11(10)2)16(3,4)5;1-15(2,3)11-8-10(9-12(16)14(11)17)13-6-4-5-7-18-13;1-14(2,3)8-5-7(6-9(15)10(8)18)11-12(16)20(4)13(17)19-11;1-14(2,3)9-5-8(6-10(15)12(9)17)11-7-19(4)13(16)18-11;1-8-17-7-12(18-8)9-5-10(14(2,3)4)13(16)11(15)6-9;1-13(2,3)10-6-9(7-11(14)12(10)15)17-5-4-16-8-17/h8-10H,6-7H2,1-5H3;7-9H,1-6H3;4-9H,1-3H3;5-6H,1-4H3;5-7H,1-4H3;5-7H,1-4H3,(H,17,18);4-8H,1-3H3. The molecule has 0 atom stereocenters. The van der Waals surface area contributed by atoms with Crippen LogP contribution in [0, 0.1) is 55.7 Å². The highest BCUT2D eigenvalue weighted by molar-refractivity contribution is 6.35. The van der Waals surface area contributed by atoms with Crippen LogP contribution >= 0.6 is 116 Å². The van der Waals surface area contributed by atoms with Crippen LogP contribution in [0.4, 0.5) is 26.3 Å². The summed E-state index contributed by atoms with van der Waals surface area (Å²) in [7, 11) is 9.02. The van der Waals surface area contributed by atoms with Gasteiger partial charge in [0, 0.05) is 118 Å². The summed E-state index contributed by atoms with van der Waals surface area (Å²) in [5, 5.41) is 2.26. The van der Waals surface area contributed by atoms with Crippen LogP contribution in [0.15, 0.2) is 153 Å². The Labute approximate surface area is 829 Å². The second-order valence-corrected chi connectivity index (χ2v) is 43.5. The Balaban J connectivity index is 0.000000191. The van der Waals surface area contributed by atoms with Crippen molar-refractivity contribution >= 4 is 116 Å². The topological polar surface area (TPSA) is 140 Å². The Morgan fingerprint density at radius 2 is 0.737 bits per heavy atom. The molecule has 0 spiro atoms. The van der Waals surface area contributed by atoms with Crippen molar-refractivity contribution in [3.63, 3.8) is 0 Å². The second kappa shape index (κ2) is 44.2. The second-order valence-electron chi connectivity index (χ2n) is 39.7. The van der Waals surface area contributed by atoms with Gasteiger partial charge in [-0.1, -0.05) is 233 Å². The molecule has 0 aliphatic rings. The van der Waals surface area contributed by atoms with E-state index < -0.39 is 5.82 Å². The third-order valence-corrected chi connectivity index (χ3v) is 24.7. The molecular weight excluding hydrogens is 1900 g/mol. The van der Waals surface area contributed by atoms with Gasteiger partial charge in [0.05, 0.1) is 77.7 Å². The van der Waals surface area contributed by atoms with Crippen LogP contribution < -0.4 is 0 Å². The molecule has 0 saturated heterocycles. The Hall–Kier alpha value is -8.61. The van der Waals surface area contributed by atoms with Crippen molar-refractivity contribution in [2.45, 2.75) is 210 Å². The van der Waals surface area contributed by atoms with E-state index in [1.54, 1.807) is 115 Å². The normalized spacial score (nSPS) is 11.9. The van der Waals surface area contributed by atoms with Gasteiger partial charge >= 0.3 is 0 Å². The minimum atomic E-state index is -0.416. The number of halogens is 16. The lowest BCUT2D eigenvalue weighted by Crippen LogP contribution is -2.14. The molecule has 0 amide bonds. The Kier molecular flexibility index (Phi) is 36.5. The Morgan fingerprint density at radius 1 is 0.376 bits per heavy atom. The smallest absolute Gasteiger partial charge is 0.204 e. The van der Waals surface area contributed by atoms with Gasteiger partial charge in [-0.25, -0.2) is 56.2 Å². The molecule has 14 aromatic rings. The zero-order valence-electron chi connectivity index (χ0n) is 80.7. The molecule has 7 heterocycles. The number of H-pyrrole nitrogens is 1. The molecule has 30 heteroatoms. The third kappa shape index (κ3) is 28.3. The molecular formula is C103H117Cl10F6N13O. The first-order chi connectivity index (χ1) is 61.3. The number of aromatic nitrogens is 13. The lowest BCUT2D eigenvalue weighted by atomic mass is 9.81. The maximum atomic E-state index is 14.3. The first kappa shape index (κ1) is 110. The number of aromatic amines is 1. The number of pyridine rings is 1. The number of ether oxygens (including phenoxy) is 1. The van der Waals surface area contributed by atoms with Crippen LogP contribution in [0.25, 0.3) is 73.2 Å². The average Bonchev–Trinajstić information content (AvgIpc) is 1.57. The van der Waals surface area contributed by atoms with Crippen molar-refractivity contribution in [2.75, 3.05) is 13.7 Å². The summed E-state index contributed by atoms with van der Waals surface area (Å²) in [5.41, 5.74) is 16.2. The molecule has 14 nitrogen and oxygen atoms in total. The van der Waals surface area contributed by atoms with Gasteiger partial charge in [-0.3, -0.25) is 4.98 Å². The van der Waals surface area contributed by atoms with Crippen molar-refractivity contribution in [3.05, 3.63) is 301 Å². The van der Waals surface area contributed by atoms with E-state index in [1.807, 2.05) is 210 Å². The molecule has 133 heavy (non-hydrogen) atoms. The summed E-state index contributed by atoms with van der Waals surface area (Å²) in [5.74, 6) is -0.428. The number of benzene rings is 7. The molecule has 0 radical (unpaired) electrons. The van der Waals surface area contributed by atoms with Gasteiger partial charge in [0.15, 0.2) is 0 Å². The summed E-state index contributed by atoms with van der Waals surface area (Å²) >= 11 is 60.0. The van der Waals surface area contributed by atoms with Gasteiger partial charge in [0.25, 0.3) is 0 Å². The van der Waals surface area contributed by atoms with Crippen molar-refractivity contribution in [1.29, 1.82) is 0 Å². The van der Waals surface area contributed by atoms with E-state index in [9.17, 15) is 26.3 Å². The highest BCUT2D eigenvalue weighted by Gasteiger charge is 2.30. The van der Waals surface area contributed by atoms with Crippen molar-refractivity contribution in [3.8, 4) is 73.2 Å². The number of hydrogen-bond donors (Lipinski definition) is 1. The summed E-state index contributed by atoms with van der Waals surface area (Å²) in [6, 6.07) is 30.4. The lowest BCUT2D eigenvalue weighted by molar-refractivity contribution is 0.200. The SMILES string of the molecule is CC(C)(C)c1cc(-c2ccccn2)cc(Cl)c1F.CC(C)(C)c1cc(-n2ccnc2)cc(Cl)c1F.COCCc1nc(-c2cc(Cl)c(F)c(C(C)(C)C)c2)cn1C.Cc1cc(-c2cn(C)c(Cl)n2)cc(C(C)(C)C)c1C.Cc1ncc(-c2cc(Cl)c(F)c(C(C)(C)C)c2)[nH]1.Cn1c(Cl)nc(-c2cc(Cl)c(F)c(C(C)(C)C)c2)c1Cl.Cn1cc(-c2cc(Cl)c(F)c(C(C)(C)C)c2)nc1Cl. The van der Waals surface area contributed by atoms with E-state index in [0.29, 0.717) is 72.7 Å². The van der Waals surface area contributed by atoms with Gasteiger partial charge < -0.3 is 32.6 Å². The zero-order valence-corrected chi connectivity index (χ0v) is 88.2. The van der Waals surface area contributed by atoms with E-state index >= 15 is 0 Å². The van der Waals surface area contributed by atoms with Crippen LogP contribution in [-0.4, -0.2) is 76.4 Å². The van der Waals surface area contributed by atoms with Crippen LogP contribution in [0.1, 0.15) is 207 Å². The largest absolute Gasteiger partial charge is 0.384 e. The van der Waals surface area contributed by atoms with E-state index in [4.69, 9.17) is 121 Å².